The van der Waals surface area contributed by atoms with E-state index in [1.165, 1.54) is 0 Å². The second kappa shape index (κ2) is 9.35. The summed E-state index contributed by atoms with van der Waals surface area (Å²) >= 11 is 0. The zero-order chi connectivity index (χ0) is 17.3. The van der Waals surface area contributed by atoms with Crippen LogP contribution in [0.4, 0.5) is 0 Å². The summed E-state index contributed by atoms with van der Waals surface area (Å²) in [7, 11) is 0. The van der Waals surface area contributed by atoms with Crippen molar-refractivity contribution in [2.45, 2.75) is 45.1 Å². The Morgan fingerprint density at radius 3 is 2.56 bits per heavy atom. The zero-order valence-electron chi connectivity index (χ0n) is 14.4. The van der Waals surface area contributed by atoms with Crippen molar-refractivity contribution in [1.29, 1.82) is 0 Å². The molecule has 3 rings (SSSR count). The topological polar surface area (TPSA) is 47.6 Å². The van der Waals surface area contributed by atoms with Gasteiger partial charge in [0.15, 0.2) is 0 Å². The number of ether oxygens (including phenoxy) is 2. The minimum Gasteiger partial charge on any atom is -0.378 e. The van der Waals surface area contributed by atoms with E-state index < -0.39 is 0 Å². The molecule has 0 spiro atoms. The van der Waals surface area contributed by atoms with Crippen LogP contribution in [0.5, 0.6) is 0 Å². The first-order valence-corrected chi connectivity index (χ1v) is 8.88. The average Bonchev–Trinajstić information content (AvgIpc) is 3.15. The van der Waals surface area contributed by atoms with Gasteiger partial charge in [-0.2, -0.15) is 0 Å². The van der Waals surface area contributed by atoms with Crippen molar-refractivity contribution in [3.8, 4) is 0 Å². The lowest BCUT2D eigenvalue weighted by atomic mass is 10.1. The van der Waals surface area contributed by atoms with Crippen LogP contribution in [0.3, 0.4) is 0 Å². The van der Waals surface area contributed by atoms with Gasteiger partial charge in [0.05, 0.1) is 25.7 Å². The first kappa shape index (κ1) is 17.6. The third-order valence-corrected chi connectivity index (χ3v) is 4.40. The van der Waals surface area contributed by atoms with Gasteiger partial charge < -0.3 is 14.8 Å². The number of rotatable bonds is 8. The summed E-state index contributed by atoms with van der Waals surface area (Å²) in [5.74, 6) is 0.0481. The van der Waals surface area contributed by atoms with Gasteiger partial charge in [-0.3, -0.25) is 4.79 Å². The number of nitrogens with one attached hydrogen (secondary N) is 1. The summed E-state index contributed by atoms with van der Waals surface area (Å²) in [6, 6.07) is 18.2. The van der Waals surface area contributed by atoms with Crippen molar-refractivity contribution >= 4 is 5.91 Å². The van der Waals surface area contributed by atoms with Gasteiger partial charge >= 0.3 is 0 Å². The van der Waals surface area contributed by atoms with E-state index in [0.717, 1.165) is 36.1 Å². The highest BCUT2D eigenvalue weighted by Gasteiger charge is 2.18. The van der Waals surface area contributed by atoms with E-state index in [1.807, 2.05) is 42.5 Å². The van der Waals surface area contributed by atoms with Gasteiger partial charge in [0, 0.05) is 13.2 Å². The van der Waals surface area contributed by atoms with Gasteiger partial charge in [-0.25, -0.2) is 0 Å². The predicted molar refractivity (Wildman–Crippen MR) is 96.8 cm³/mol. The molecule has 1 unspecified atom stereocenters. The molecule has 0 radical (unpaired) electrons. The highest BCUT2D eigenvalue weighted by molar-refractivity contribution is 5.76. The maximum absolute atomic E-state index is 12.1. The van der Waals surface area contributed by atoms with Gasteiger partial charge in [-0.15, -0.1) is 0 Å². The second-order valence-corrected chi connectivity index (χ2v) is 6.36. The van der Waals surface area contributed by atoms with Crippen molar-refractivity contribution in [3.63, 3.8) is 0 Å². The van der Waals surface area contributed by atoms with Crippen LogP contribution in [0.25, 0.3) is 0 Å². The minimum atomic E-state index is 0.0481. The molecule has 1 saturated heterocycles. The van der Waals surface area contributed by atoms with Crippen LogP contribution in [-0.2, 0) is 34.0 Å². The molecule has 1 heterocycles. The second-order valence-electron chi connectivity index (χ2n) is 6.36. The maximum Gasteiger partial charge on any atom is 0.222 e. The number of hydrogen-bond donors (Lipinski definition) is 1. The molecule has 1 aliphatic rings. The van der Waals surface area contributed by atoms with Crippen LogP contribution >= 0.6 is 0 Å². The monoisotopic (exact) mass is 339 g/mol. The fourth-order valence-corrected chi connectivity index (χ4v) is 3.00. The fraction of sp³-hybridized carbons (Fsp3) is 0.381. The van der Waals surface area contributed by atoms with E-state index in [1.54, 1.807) is 0 Å². The van der Waals surface area contributed by atoms with E-state index in [2.05, 4.69) is 17.4 Å². The number of carbonyl (C=O) groups excluding carboxylic acids is 1. The fourth-order valence-electron chi connectivity index (χ4n) is 3.00. The molecule has 4 heteroatoms. The molecule has 1 amide bonds. The Kier molecular flexibility index (Phi) is 6.60. The third-order valence-electron chi connectivity index (χ3n) is 4.40. The normalized spacial score (nSPS) is 16.7. The SMILES string of the molecule is O=C(CC1CCCO1)NCc1ccccc1COCc1ccccc1. The average molecular weight is 339 g/mol. The Hall–Kier alpha value is -2.17. The van der Waals surface area contributed by atoms with Crippen LogP contribution < -0.4 is 5.32 Å². The molecular weight excluding hydrogens is 314 g/mol. The molecule has 132 valence electrons. The molecule has 1 fully saturated rings. The quantitative estimate of drug-likeness (QED) is 0.799. The summed E-state index contributed by atoms with van der Waals surface area (Å²) in [6.07, 6.45) is 2.58. The van der Waals surface area contributed by atoms with E-state index in [9.17, 15) is 4.79 Å². The lowest BCUT2D eigenvalue weighted by Gasteiger charge is -2.13. The maximum atomic E-state index is 12.1. The highest BCUT2D eigenvalue weighted by Crippen LogP contribution is 2.16. The predicted octanol–water partition coefficient (Wildman–Crippen LogP) is 3.59. The smallest absolute Gasteiger partial charge is 0.222 e. The summed E-state index contributed by atoms with van der Waals surface area (Å²) in [5.41, 5.74) is 3.36. The van der Waals surface area contributed by atoms with Gasteiger partial charge in [0.2, 0.25) is 5.91 Å². The number of amides is 1. The van der Waals surface area contributed by atoms with Crippen LogP contribution in [0, 0.1) is 0 Å². The Labute approximate surface area is 149 Å². The lowest BCUT2D eigenvalue weighted by molar-refractivity contribution is -0.123. The molecule has 2 aromatic rings. The number of hydrogen-bond acceptors (Lipinski definition) is 3. The van der Waals surface area contributed by atoms with Crippen molar-refractivity contribution in [2.24, 2.45) is 0 Å². The van der Waals surface area contributed by atoms with E-state index in [-0.39, 0.29) is 12.0 Å². The molecule has 0 aromatic heterocycles. The minimum absolute atomic E-state index is 0.0481. The van der Waals surface area contributed by atoms with Gasteiger partial charge in [-0.1, -0.05) is 54.6 Å². The van der Waals surface area contributed by atoms with E-state index in [4.69, 9.17) is 9.47 Å². The van der Waals surface area contributed by atoms with Crippen molar-refractivity contribution in [1.82, 2.24) is 5.32 Å². The summed E-state index contributed by atoms with van der Waals surface area (Å²) < 4.78 is 11.3. The van der Waals surface area contributed by atoms with Crippen molar-refractivity contribution in [3.05, 3.63) is 71.3 Å². The Morgan fingerprint density at radius 1 is 1.04 bits per heavy atom. The van der Waals surface area contributed by atoms with Gasteiger partial charge in [-0.05, 0) is 29.5 Å². The summed E-state index contributed by atoms with van der Waals surface area (Å²) in [5, 5.41) is 3.00. The first-order valence-electron chi connectivity index (χ1n) is 8.88. The molecule has 4 nitrogen and oxygen atoms in total. The zero-order valence-corrected chi connectivity index (χ0v) is 14.4. The Bertz CT molecular complexity index is 666. The Morgan fingerprint density at radius 2 is 1.80 bits per heavy atom. The molecular formula is C21H25NO3. The van der Waals surface area contributed by atoms with E-state index >= 15 is 0 Å². The van der Waals surface area contributed by atoms with Crippen molar-refractivity contribution < 1.29 is 14.3 Å². The molecule has 0 bridgehead atoms. The molecule has 0 aliphatic carbocycles. The Balaban J connectivity index is 1.47. The van der Waals surface area contributed by atoms with Gasteiger partial charge in [0.1, 0.15) is 0 Å². The highest BCUT2D eigenvalue weighted by atomic mass is 16.5. The molecule has 1 aliphatic heterocycles. The van der Waals surface area contributed by atoms with Crippen LogP contribution in [0.2, 0.25) is 0 Å². The molecule has 2 aromatic carbocycles. The first-order chi connectivity index (χ1) is 12.3. The summed E-state index contributed by atoms with van der Waals surface area (Å²) in [4.78, 5) is 12.1. The van der Waals surface area contributed by atoms with E-state index in [0.29, 0.717) is 26.2 Å². The standard InChI is InChI=1S/C21H25NO3/c23-21(13-20-11-6-12-25-20)22-14-18-9-4-5-10-19(18)16-24-15-17-7-2-1-3-8-17/h1-5,7-10,20H,6,11-16H2,(H,22,23). The van der Waals surface area contributed by atoms with Crippen LogP contribution in [-0.4, -0.2) is 18.6 Å². The number of benzene rings is 2. The molecule has 25 heavy (non-hydrogen) atoms. The van der Waals surface area contributed by atoms with Gasteiger partial charge in [0.25, 0.3) is 0 Å². The van der Waals surface area contributed by atoms with Crippen LogP contribution in [0.1, 0.15) is 36.0 Å². The molecule has 1 atom stereocenters. The molecule has 0 saturated carbocycles. The lowest BCUT2D eigenvalue weighted by Crippen LogP contribution is -2.27. The largest absolute Gasteiger partial charge is 0.378 e. The van der Waals surface area contributed by atoms with Crippen molar-refractivity contribution in [2.75, 3.05) is 6.61 Å². The third kappa shape index (κ3) is 5.69. The number of carbonyl (C=O) groups is 1. The van der Waals surface area contributed by atoms with Crippen LogP contribution in [0.15, 0.2) is 54.6 Å². The summed E-state index contributed by atoms with van der Waals surface area (Å²) in [6.45, 7) is 2.42. The molecule has 1 N–H and O–H groups in total.